The molecular formula is C32H45N7O6. The summed E-state index contributed by atoms with van der Waals surface area (Å²) in [6, 6.07) is 0.0873. The first-order chi connectivity index (χ1) is 21.6. The van der Waals surface area contributed by atoms with Crippen molar-refractivity contribution >= 4 is 29.0 Å². The van der Waals surface area contributed by atoms with Crippen molar-refractivity contribution in [1.29, 1.82) is 0 Å². The van der Waals surface area contributed by atoms with Gasteiger partial charge in [-0.3, -0.25) is 9.36 Å². The Morgan fingerprint density at radius 1 is 1.13 bits per heavy atom. The van der Waals surface area contributed by atoms with Gasteiger partial charge in [0.25, 0.3) is 5.91 Å². The third kappa shape index (κ3) is 6.88. The van der Waals surface area contributed by atoms with Crippen LogP contribution in [0.15, 0.2) is 6.33 Å². The number of hydrogen-bond acceptors (Lipinski definition) is 10. The lowest BCUT2D eigenvalue weighted by Crippen LogP contribution is -2.43. The number of hydrogen-bond donors (Lipinski definition) is 4. The SMILES string of the molecule is CC1CCC(C(C)C)C(OC(=O)N2CCC(CC#Cc3nc(N)c4ncn([C@@H]5O[C@H](C(=O)NC6CC6)C(O)[C@@H]5O)c4n3)CC2)C1. The van der Waals surface area contributed by atoms with E-state index < -0.39 is 30.4 Å². The molecule has 4 heterocycles. The van der Waals surface area contributed by atoms with E-state index in [1.807, 2.05) is 4.90 Å². The molecule has 2 saturated heterocycles. The van der Waals surface area contributed by atoms with Gasteiger partial charge in [0.05, 0.1) is 6.33 Å². The minimum absolute atomic E-state index is 0.00673. The number of fused-ring (bicyclic) bond motifs is 1. The number of carbonyl (C=O) groups is 2. The highest BCUT2D eigenvalue weighted by Crippen LogP contribution is 2.36. The fraction of sp³-hybridized carbons (Fsp3) is 0.719. The summed E-state index contributed by atoms with van der Waals surface area (Å²) < 4.78 is 13.3. The van der Waals surface area contributed by atoms with Gasteiger partial charge in [-0.05, 0) is 68.1 Å². The molecule has 0 radical (unpaired) electrons. The number of aliphatic hydroxyl groups is 2. The molecule has 5 N–H and O–H groups in total. The number of nitrogens with zero attached hydrogens (tertiary/aromatic N) is 5. The van der Waals surface area contributed by atoms with Gasteiger partial charge in [0.1, 0.15) is 23.8 Å². The number of imidazole rings is 1. The molecule has 4 aliphatic rings. The van der Waals surface area contributed by atoms with Crippen LogP contribution >= 0.6 is 0 Å². The molecule has 0 bridgehead atoms. The fourth-order valence-electron chi connectivity index (χ4n) is 6.85. The highest BCUT2D eigenvalue weighted by molar-refractivity contribution is 5.83. The Balaban J connectivity index is 1.05. The highest BCUT2D eigenvalue weighted by atomic mass is 16.6. The first-order valence-electron chi connectivity index (χ1n) is 16.4. The topological polar surface area (TPSA) is 178 Å². The monoisotopic (exact) mass is 623 g/mol. The van der Waals surface area contributed by atoms with Gasteiger partial charge in [-0.1, -0.05) is 33.1 Å². The van der Waals surface area contributed by atoms with Crippen LogP contribution in [-0.2, 0) is 14.3 Å². The number of amides is 2. The summed E-state index contributed by atoms with van der Waals surface area (Å²) in [5.41, 5.74) is 6.75. The van der Waals surface area contributed by atoms with Crippen molar-refractivity contribution in [3.8, 4) is 11.8 Å². The van der Waals surface area contributed by atoms with Crippen LogP contribution in [0.4, 0.5) is 10.6 Å². The molecule has 2 aliphatic heterocycles. The standard InChI is InChI=1S/C32H45N7O6/c1-17(2)21-10-7-18(3)15-22(21)44-32(43)38-13-11-19(12-14-38)5-4-6-23-36-28(33)24-29(37-23)39(16-34-24)31-26(41)25(40)27(45-31)30(42)35-20-8-9-20/h16-22,25-27,31,40-41H,5,7-15H2,1-3H3,(H,35,42)(H2,33,36,37)/t18?,21?,22?,25?,26-,27-,31+/m0/s1. The molecule has 2 aromatic heterocycles. The summed E-state index contributed by atoms with van der Waals surface area (Å²) >= 11 is 0. The Morgan fingerprint density at radius 2 is 1.89 bits per heavy atom. The number of carbonyl (C=O) groups excluding carboxylic acids is 2. The predicted octanol–water partition coefficient (Wildman–Crippen LogP) is 2.36. The molecule has 7 atom stereocenters. The summed E-state index contributed by atoms with van der Waals surface area (Å²) in [6.45, 7) is 7.95. The van der Waals surface area contributed by atoms with E-state index in [0.29, 0.717) is 48.7 Å². The summed E-state index contributed by atoms with van der Waals surface area (Å²) in [7, 11) is 0. The van der Waals surface area contributed by atoms with Crippen molar-refractivity contribution in [3.63, 3.8) is 0 Å². The number of rotatable bonds is 6. The van der Waals surface area contributed by atoms with Gasteiger partial charge in [-0.2, -0.15) is 0 Å². The molecule has 4 unspecified atom stereocenters. The Hall–Kier alpha value is -3.47. The maximum absolute atomic E-state index is 13.0. The number of nitrogens with two attached hydrogens (primary N) is 1. The third-order valence-corrected chi connectivity index (χ3v) is 9.82. The number of anilines is 1. The number of aliphatic hydroxyl groups excluding tert-OH is 2. The zero-order valence-electron chi connectivity index (χ0n) is 26.3. The van der Waals surface area contributed by atoms with Crippen molar-refractivity contribution in [2.45, 2.75) is 109 Å². The van der Waals surface area contributed by atoms with Gasteiger partial charge in [0.2, 0.25) is 5.82 Å². The van der Waals surface area contributed by atoms with Gasteiger partial charge >= 0.3 is 6.09 Å². The minimum Gasteiger partial charge on any atom is -0.446 e. The molecule has 2 aliphatic carbocycles. The number of piperidine rings is 1. The number of nitrogens with one attached hydrogen (secondary N) is 1. The Bertz CT molecular complexity index is 1460. The number of nitrogen functional groups attached to an aromatic ring is 1. The van der Waals surface area contributed by atoms with E-state index in [0.717, 1.165) is 38.5 Å². The van der Waals surface area contributed by atoms with Crippen molar-refractivity contribution in [1.82, 2.24) is 29.7 Å². The number of ether oxygens (including phenoxy) is 2. The minimum atomic E-state index is -1.41. The Kier molecular flexibility index (Phi) is 9.17. The molecule has 0 aromatic carbocycles. The molecule has 2 aromatic rings. The Morgan fingerprint density at radius 3 is 2.60 bits per heavy atom. The average molecular weight is 624 g/mol. The summed E-state index contributed by atoms with van der Waals surface area (Å²) in [4.78, 5) is 40.4. The Labute approximate surface area is 263 Å². The van der Waals surface area contributed by atoms with Gasteiger partial charge in [0.15, 0.2) is 23.8 Å². The van der Waals surface area contributed by atoms with E-state index in [2.05, 4.69) is 52.9 Å². The molecule has 244 valence electrons. The van der Waals surface area contributed by atoms with Gasteiger partial charge in [-0.25, -0.2) is 19.7 Å². The van der Waals surface area contributed by atoms with Crippen molar-refractivity contribution in [3.05, 3.63) is 12.2 Å². The van der Waals surface area contributed by atoms with Crippen LogP contribution in [-0.4, -0.2) is 90.2 Å². The fourth-order valence-corrected chi connectivity index (χ4v) is 6.85. The lowest BCUT2D eigenvalue weighted by atomic mass is 9.75. The third-order valence-electron chi connectivity index (χ3n) is 9.82. The van der Waals surface area contributed by atoms with Crippen molar-refractivity contribution < 1.29 is 29.3 Å². The molecule has 45 heavy (non-hydrogen) atoms. The van der Waals surface area contributed by atoms with E-state index in [-0.39, 0.29) is 35.5 Å². The van der Waals surface area contributed by atoms with Crippen LogP contribution < -0.4 is 11.1 Å². The zero-order valence-corrected chi connectivity index (χ0v) is 26.3. The first-order valence-corrected chi connectivity index (χ1v) is 16.4. The van der Waals surface area contributed by atoms with E-state index in [1.54, 1.807) is 0 Å². The average Bonchev–Trinajstić information content (AvgIpc) is 3.64. The van der Waals surface area contributed by atoms with E-state index in [1.165, 1.54) is 17.3 Å². The molecular weight excluding hydrogens is 578 g/mol. The quantitative estimate of drug-likeness (QED) is 0.349. The lowest BCUT2D eigenvalue weighted by Gasteiger charge is -2.38. The molecule has 0 spiro atoms. The highest BCUT2D eigenvalue weighted by Gasteiger charge is 2.48. The molecule has 2 saturated carbocycles. The zero-order chi connectivity index (χ0) is 31.8. The molecule has 13 heteroatoms. The normalized spacial score (nSPS) is 30.7. The van der Waals surface area contributed by atoms with Crippen LogP contribution in [0.2, 0.25) is 0 Å². The van der Waals surface area contributed by atoms with Crippen molar-refractivity contribution in [2.75, 3.05) is 18.8 Å². The second kappa shape index (κ2) is 13.1. The van der Waals surface area contributed by atoms with E-state index in [9.17, 15) is 19.8 Å². The summed E-state index contributed by atoms with van der Waals surface area (Å²) in [6.07, 6.45) is 3.40. The molecule has 4 fully saturated rings. The summed E-state index contributed by atoms with van der Waals surface area (Å²) in [5.74, 6) is 7.85. The number of aromatic nitrogens is 4. The summed E-state index contributed by atoms with van der Waals surface area (Å²) in [5, 5.41) is 24.1. The molecule has 13 nitrogen and oxygen atoms in total. The number of likely N-dealkylation sites (tertiary alicyclic amines) is 1. The van der Waals surface area contributed by atoms with E-state index >= 15 is 0 Å². The van der Waals surface area contributed by atoms with Crippen LogP contribution in [0.5, 0.6) is 0 Å². The second-order valence-electron chi connectivity index (χ2n) is 13.7. The maximum atomic E-state index is 13.0. The van der Waals surface area contributed by atoms with Crippen LogP contribution in [0.25, 0.3) is 11.2 Å². The van der Waals surface area contributed by atoms with Gasteiger partial charge in [-0.15, -0.1) is 0 Å². The van der Waals surface area contributed by atoms with Gasteiger partial charge < -0.3 is 35.6 Å². The molecule has 6 rings (SSSR count). The largest absolute Gasteiger partial charge is 0.446 e. The van der Waals surface area contributed by atoms with Crippen molar-refractivity contribution in [2.24, 2.45) is 23.7 Å². The first kappa shape index (κ1) is 31.5. The van der Waals surface area contributed by atoms with E-state index in [4.69, 9.17) is 15.2 Å². The predicted molar refractivity (Wildman–Crippen MR) is 164 cm³/mol. The van der Waals surface area contributed by atoms with Gasteiger partial charge in [0, 0.05) is 25.6 Å². The van der Waals surface area contributed by atoms with Crippen LogP contribution in [0, 0.1) is 35.5 Å². The lowest BCUT2D eigenvalue weighted by molar-refractivity contribution is -0.137. The maximum Gasteiger partial charge on any atom is 0.410 e. The second-order valence-corrected chi connectivity index (χ2v) is 13.7. The van der Waals surface area contributed by atoms with Crippen LogP contribution in [0.3, 0.4) is 0 Å². The smallest absolute Gasteiger partial charge is 0.410 e. The molecule has 2 amide bonds. The van der Waals surface area contributed by atoms with Crippen LogP contribution in [0.1, 0.15) is 84.2 Å².